The van der Waals surface area contributed by atoms with Gasteiger partial charge in [0.2, 0.25) is 5.91 Å². The Labute approximate surface area is 107 Å². The topological polar surface area (TPSA) is 67.4 Å². The van der Waals surface area contributed by atoms with E-state index in [2.05, 4.69) is 15.4 Å². The van der Waals surface area contributed by atoms with E-state index in [1.54, 1.807) is 31.3 Å². The Morgan fingerprint density at radius 2 is 1.89 bits per heavy atom. The van der Waals surface area contributed by atoms with Crippen molar-refractivity contribution in [3.63, 3.8) is 0 Å². The molecule has 0 aromatic heterocycles. The molecule has 0 aliphatic rings. The Morgan fingerprint density at radius 1 is 1.28 bits per heavy atom. The second-order valence-electron chi connectivity index (χ2n) is 4.02. The smallest absolute Gasteiger partial charge is 0.337 e. The molecule has 98 valence electrons. The van der Waals surface area contributed by atoms with Crippen molar-refractivity contribution >= 4 is 17.6 Å². The van der Waals surface area contributed by atoms with Crippen LogP contribution < -0.4 is 10.6 Å². The summed E-state index contributed by atoms with van der Waals surface area (Å²) in [5, 5.41) is 5.72. The molecule has 0 radical (unpaired) electrons. The van der Waals surface area contributed by atoms with Gasteiger partial charge in [0.05, 0.1) is 12.7 Å². The van der Waals surface area contributed by atoms with Gasteiger partial charge in [0, 0.05) is 18.2 Å². The number of ether oxygens (including phenoxy) is 1. The lowest BCUT2D eigenvalue weighted by Gasteiger charge is -2.11. The molecule has 0 bridgehead atoms. The van der Waals surface area contributed by atoms with Crippen molar-refractivity contribution in [2.45, 2.75) is 6.92 Å². The summed E-state index contributed by atoms with van der Waals surface area (Å²) in [6, 6.07) is 6.58. The highest BCUT2D eigenvalue weighted by Gasteiger charge is 2.12. The number of carbonyl (C=O) groups excluding carboxylic acids is 2. The number of esters is 1. The molecule has 0 aliphatic heterocycles. The van der Waals surface area contributed by atoms with Crippen molar-refractivity contribution in [1.29, 1.82) is 0 Å². The number of anilines is 1. The van der Waals surface area contributed by atoms with E-state index in [-0.39, 0.29) is 11.8 Å². The van der Waals surface area contributed by atoms with Crippen molar-refractivity contribution in [1.82, 2.24) is 5.32 Å². The van der Waals surface area contributed by atoms with Crippen molar-refractivity contribution in [2.75, 3.05) is 26.0 Å². The summed E-state index contributed by atoms with van der Waals surface area (Å²) < 4.78 is 4.59. The minimum Gasteiger partial charge on any atom is -0.465 e. The number of nitrogens with one attached hydrogen (secondary N) is 2. The van der Waals surface area contributed by atoms with Crippen LogP contribution in [0, 0.1) is 5.92 Å². The number of carbonyl (C=O) groups is 2. The zero-order valence-corrected chi connectivity index (χ0v) is 10.8. The summed E-state index contributed by atoms with van der Waals surface area (Å²) in [5.41, 5.74) is 1.12. The van der Waals surface area contributed by atoms with Crippen LogP contribution in [0.1, 0.15) is 17.3 Å². The number of benzene rings is 1. The number of methoxy groups -OCH3 is 1. The number of rotatable bonds is 5. The predicted octanol–water partition coefficient (Wildman–Crippen LogP) is 1.27. The van der Waals surface area contributed by atoms with E-state index < -0.39 is 5.97 Å². The molecule has 1 rings (SSSR count). The first-order valence-electron chi connectivity index (χ1n) is 5.72. The summed E-state index contributed by atoms with van der Waals surface area (Å²) in [5.74, 6) is -0.568. The average Bonchev–Trinajstić information content (AvgIpc) is 2.39. The van der Waals surface area contributed by atoms with Gasteiger partial charge in [-0.2, -0.15) is 0 Å². The van der Waals surface area contributed by atoms with Gasteiger partial charge in [-0.05, 0) is 31.3 Å². The number of hydrogen-bond donors (Lipinski definition) is 2. The fraction of sp³-hybridized carbons (Fsp3) is 0.385. The fourth-order valence-corrected chi connectivity index (χ4v) is 1.47. The maximum absolute atomic E-state index is 11.7. The molecule has 0 fully saturated rings. The van der Waals surface area contributed by atoms with Gasteiger partial charge in [-0.3, -0.25) is 4.79 Å². The van der Waals surface area contributed by atoms with Crippen LogP contribution in [-0.4, -0.2) is 32.6 Å². The maximum atomic E-state index is 11.7. The Bertz CT molecular complexity index is 415. The van der Waals surface area contributed by atoms with Crippen LogP contribution in [0.25, 0.3) is 0 Å². The Hall–Kier alpha value is -1.88. The highest BCUT2D eigenvalue weighted by molar-refractivity contribution is 5.94. The van der Waals surface area contributed by atoms with Crippen LogP contribution in [0.3, 0.4) is 0 Å². The van der Waals surface area contributed by atoms with Crippen molar-refractivity contribution in [3.8, 4) is 0 Å². The predicted molar refractivity (Wildman–Crippen MR) is 69.5 cm³/mol. The molecule has 2 N–H and O–H groups in total. The van der Waals surface area contributed by atoms with E-state index in [1.807, 2.05) is 6.92 Å². The molecular formula is C13H18N2O3. The molecule has 5 nitrogen and oxygen atoms in total. The van der Waals surface area contributed by atoms with Gasteiger partial charge in [-0.25, -0.2) is 4.79 Å². The zero-order chi connectivity index (χ0) is 13.5. The SMILES string of the molecule is CNCC(C)C(=O)Nc1ccc(C(=O)OC)cc1. The van der Waals surface area contributed by atoms with E-state index in [0.717, 1.165) is 0 Å². The Kier molecular flexibility index (Phi) is 5.32. The minimum absolute atomic E-state index is 0.0600. The van der Waals surface area contributed by atoms with Gasteiger partial charge in [0.1, 0.15) is 0 Å². The third-order valence-corrected chi connectivity index (χ3v) is 2.53. The van der Waals surface area contributed by atoms with Crippen LogP contribution in [0.5, 0.6) is 0 Å². The Morgan fingerprint density at radius 3 is 2.39 bits per heavy atom. The maximum Gasteiger partial charge on any atom is 0.337 e. The van der Waals surface area contributed by atoms with Crippen LogP contribution in [0.2, 0.25) is 0 Å². The number of amides is 1. The summed E-state index contributed by atoms with van der Waals surface area (Å²) in [7, 11) is 3.13. The van der Waals surface area contributed by atoms with Crippen LogP contribution in [0.15, 0.2) is 24.3 Å². The van der Waals surface area contributed by atoms with E-state index in [4.69, 9.17) is 0 Å². The first kappa shape index (κ1) is 14.2. The van der Waals surface area contributed by atoms with Crippen molar-refractivity contribution in [2.24, 2.45) is 5.92 Å². The lowest BCUT2D eigenvalue weighted by molar-refractivity contribution is -0.119. The normalized spacial score (nSPS) is 11.7. The molecule has 1 aromatic carbocycles. The third kappa shape index (κ3) is 3.85. The minimum atomic E-state index is -0.392. The summed E-state index contributed by atoms with van der Waals surface area (Å²) in [6.45, 7) is 2.46. The summed E-state index contributed by atoms with van der Waals surface area (Å²) in [6.07, 6.45) is 0. The van der Waals surface area contributed by atoms with E-state index in [9.17, 15) is 9.59 Å². The average molecular weight is 250 g/mol. The fourth-order valence-electron chi connectivity index (χ4n) is 1.47. The number of hydrogen-bond acceptors (Lipinski definition) is 4. The third-order valence-electron chi connectivity index (χ3n) is 2.53. The van der Waals surface area contributed by atoms with Gasteiger partial charge in [-0.15, -0.1) is 0 Å². The van der Waals surface area contributed by atoms with Gasteiger partial charge in [0.25, 0.3) is 0 Å². The van der Waals surface area contributed by atoms with Gasteiger partial charge in [0.15, 0.2) is 0 Å². The molecule has 0 heterocycles. The molecule has 1 unspecified atom stereocenters. The van der Waals surface area contributed by atoms with Crippen LogP contribution in [0.4, 0.5) is 5.69 Å². The van der Waals surface area contributed by atoms with E-state index in [0.29, 0.717) is 17.8 Å². The molecule has 5 heteroatoms. The van der Waals surface area contributed by atoms with Crippen LogP contribution in [-0.2, 0) is 9.53 Å². The van der Waals surface area contributed by atoms with Gasteiger partial charge < -0.3 is 15.4 Å². The molecule has 1 atom stereocenters. The summed E-state index contributed by atoms with van der Waals surface area (Å²) >= 11 is 0. The second-order valence-corrected chi connectivity index (χ2v) is 4.02. The molecule has 1 amide bonds. The zero-order valence-electron chi connectivity index (χ0n) is 10.8. The first-order chi connectivity index (χ1) is 8.58. The molecular weight excluding hydrogens is 232 g/mol. The molecule has 0 aliphatic carbocycles. The second kappa shape index (κ2) is 6.76. The first-order valence-corrected chi connectivity index (χ1v) is 5.72. The molecule has 0 spiro atoms. The lowest BCUT2D eigenvalue weighted by atomic mass is 10.1. The quantitative estimate of drug-likeness (QED) is 0.772. The highest BCUT2D eigenvalue weighted by atomic mass is 16.5. The summed E-state index contributed by atoms with van der Waals surface area (Å²) in [4.78, 5) is 23.0. The van der Waals surface area contributed by atoms with Gasteiger partial charge in [-0.1, -0.05) is 6.92 Å². The van der Waals surface area contributed by atoms with E-state index in [1.165, 1.54) is 7.11 Å². The molecule has 18 heavy (non-hydrogen) atoms. The standard InChI is InChI=1S/C13H18N2O3/c1-9(8-14-2)12(16)15-11-6-4-10(5-7-11)13(17)18-3/h4-7,9,14H,8H2,1-3H3,(H,15,16). The van der Waals surface area contributed by atoms with Crippen molar-refractivity contribution in [3.05, 3.63) is 29.8 Å². The molecule has 0 saturated heterocycles. The van der Waals surface area contributed by atoms with E-state index >= 15 is 0 Å². The lowest BCUT2D eigenvalue weighted by Crippen LogP contribution is -2.28. The van der Waals surface area contributed by atoms with Gasteiger partial charge >= 0.3 is 5.97 Å². The van der Waals surface area contributed by atoms with Crippen molar-refractivity contribution < 1.29 is 14.3 Å². The highest BCUT2D eigenvalue weighted by Crippen LogP contribution is 2.11. The Balaban J connectivity index is 2.63. The molecule has 1 aromatic rings. The van der Waals surface area contributed by atoms with Crippen LogP contribution >= 0.6 is 0 Å². The monoisotopic (exact) mass is 250 g/mol. The molecule has 0 saturated carbocycles. The largest absolute Gasteiger partial charge is 0.465 e.